The molecule has 0 aliphatic carbocycles. The van der Waals surface area contributed by atoms with E-state index in [9.17, 15) is 4.79 Å². The number of hydrogen-bond donors (Lipinski definition) is 2. The van der Waals surface area contributed by atoms with Crippen LogP contribution < -0.4 is 15.4 Å². The van der Waals surface area contributed by atoms with Crippen LogP contribution in [0.25, 0.3) is 0 Å². The van der Waals surface area contributed by atoms with Crippen molar-refractivity contribution in [2.24, 2.45) is 0 Å². The van der Waals surface area contributed by atoms with E-state index in [0.29, 0.717) is 11.6 Å². The third kappa shape index (κ3) is 4.40. The molecular weight excluding hydrogens is 300 g/mol. The van der Waals surface area contributed by atoms with Crippen LogP contribution in [0.3, 0.4) is 0 Å². The number of halogens is 1. The van der Waals surface area contributed by atoms with Gasteiger partial charge in [-0.2, -0.15) is 0 Å². The molecule has 2 aromatic carbocycles. The molecule has 2 rings (SSSR count). The molecule has 4 nitrogen and oxygen atoms in total. The summed E-state index contributed by atoms with van der Waals surface area (Å²) in [6.45, 7) is 4.57. The summed E-state index contributed by atoms with van der Waals surface area (Å²) in [6, 6.07) is 12.9. The molecule has 0 fully saturated rings. The third-order valence-corrected chi connectivity index (χ3v) is 3.34. The molecule has 0 aliphatic rings. The number of nitrogens with one attached hydrogen (secondary N) is 2. The summed E-state index contributed by atoms with van der Waals surface area (Å²) >= 11 is 5.95. The fourth-order valence-corrected chi connectivity index (χ4v) is 2.16. The number of benzene rings is 2. The first-order valence-electron chi connectivity index (χ1n) is 7.12. The zero-order valence-electron chi connectivity index (χ0n) is 12.7. The van der Waals surface area contributed by atoms with Gasteiger partial charge in [0.2, 0.25) is 5.91 Å². The van der Waals surface area contributed by atoms with Crippen molar-refractivity contribution in [3.8, 4) is 5.75 Å². The Labute approximate surface area is 135 Å². The number of ether oxygens (including phenoxy) is 1. The van der Waals surface area contributed by atoms with E-state index in [1.165, 1.54) is 0 Å². The van der Waals surface area contributed by atoms with Gasteiger partial charge in [-0.25, -0.2) is 0 Å². The van der Waals surface area contributed by atoms with Crippen molar-refractivity contribution in [2.75, 3.05) is 23.8 Å². The Morgan fingerprint density at radius 2 is 1.95 bits per heavy atom. The van der Waals surface area contributed by atoms with Crippen molar-refractivity contribution in [1.29, 1.82) is 0 Å². The summed E-state index contributed by atoms with van der Waals surface area (Å²) in [7, 11) is 0. The van der Waals surface area contributed by atoms with E-state index in [1.807, 2.05) is 44.2 Å². The molecule has 0 saturated carbocycles. The van der Waals surface area contributed by atoms with E-state index < -0.39 is 0 Å². The number of carbonyl (C=O) groups excluding carboxylic acids is 1. The monoisotopic (exact) mass is 318 g/mol. The fraction of sp³-hybridized carbons (Fsp3) is 0.235. The lowest BCUT2D eigenvalue weighted by Crippen LogP contribution is -2.22. The van der Waals surface area contributed by atoms with Crippen LogP contribution >= 0.6 is 11.6 Å². The Hall–Kier alpha value is -2.20. The van der Waals surface area contributed by atoms with Crippen LogP contribution in [0.15, 0.2) is 42.5 Å². The Bertz CT molecular complexity index is 659. The van der Waals surface area contributed by atoms with Crippen molar-refractivity contribution >= 4 is 28.9 Å². The highest BCUT2D eigenvalue weighted by molar-refractivity contribution is 6.31. The lowest BCUT2D eigenvalue weighted by molar-refractivity contribution is -0.114. The van der Waals surface area contributed by atoms with Gasteiger partial charge in [0.25, 0.3) is 0 Å². The summed E-state index contributed by atoms with van der Waals surface area (Å²) in [5, 5.41) is 6.52. The second-order valence-electron chi connectivity index (χ2n) is 4.79. The molecule has 0 heterocycles. The predicted molar refractivity (Wildman–Crippen MR) is 90.9 cm³/mol. The number of amides is 1. The molecule has 0 atom stereocenters. The van der Waals surface area contributed by atoms with Gasteiger partial charge in [0.15, 0.2) is 0 Å². The predicted octanol–water partition coefficient (Wildman–Crippen LogP) is 4.10. The Morgan fingerprint density at radius 3 is 2.73 bits per heavy atom. The molecule has 0 aliphatic heterocycles. The Morgan fingerprint density at radius 1 is 1.18 bits per heavy atom. The summed E-state index contributed by atoms with van der Waals surface area (Å²) in [5.74, 6) is 0.591. The lowest BCUT2D eigenvalue weighted by atomic mass is 10.2. The molecule has 2 N–H and O–H groups in total. The van der Waals surface area contributed by atoms with Crippen LogP contribution in [-0.4, -0.2) is 19.1 Å². The number of rotatable bonds is 6. The van der Waals surface area contributed by atoms with E-state index in [2.05, 4.69) is 10.6 Å². The van der Waals surface area contributed by atoms with E-state index >= 15 is 0 Å². The molecule has 116 valence electrons. The fourth-order valence-electron chi connectivity index (χ4n) is 1.99. The van der Waals surface area contributed by atoms with Crippen LogP contribution in [0.2, 0.25) is 5.02 Å². The molecule has 0 spiro atoms. The molecule has 0 saturated heterocycles. The minimum Gasteiger partial charge on any atom is -0.492 e. The highest BCUT2D eigenvalue weighted by Gasteiger charge is 2.07. The molecule has 0 bridgehead atoms. The smallest absolute Gasteiger partial charge is 0.243 e. The highest BCUT2D eigenvalue weighted by atomic mass is 35.5. The highest BCUT2D eigenvalue weighted by Crippen LogP contribution is 2.23. The maximum Gasteiger partial charge on any atom is 0.243 e. The van der Waals surface area contributed by atoms with Crippen LogP contribution in [0, 0.1) is 6.92 Å². The number of para-hydroxylation sites is 2. The summed E-state index contributed by atoms with van der Waals surface area (Å²) in [6.07, 6.45) is 0. The van der Waals surface area contributed by atoms with Gasteiger partial charge in [0.05, 0.1) is 18.8 Å². The van der Waals surface area contributed by atoms with E-state index in [-0.39, 0.29) is 12.5 Å². The van der Waals surface area contributed by atoms with Gasteiger partial charge in [-0.05, 0) is 43.7 Å². The molecule has 1 amide bonds. The molecular formula is C17H19ClN2O2. The maximum absolute atomic E-state index is 12.1. The minimum absolute atomic E-state index is 0.142. The van der Waals surface area contributed by atoms with Gasteiger partial charge in [-0.1, -0.05) is 29.8 Å². The standard InChI is InChI=1S/C17H19ClN2O2/c1-3-22-16-7-5-4-6-14(16)19-11-17(21)20-15-10-13(18)9-8-12(15)2/h4-10,19H,3,11H2,1-2H3,(H,20,21). The number of aryl methyl sites for hydroxylation is 1. The largest absolute Gasteiger partial charge is 0.492 e. The van der Waals surface area contributed by atoms with E-state index in [4.69, 9.17) is 16.3 Å². The van der Waals surface area contributed by atoms with Crippen molar-refractivity contribution in [2.45, 2.75) is 13.8 Å². The van der Waals surface area contributed by atoms with Crippen molar-refractivity contribution in [3.05, 3.63) is 53.1 Å². The first-order chi connectivity index (χ1) is 10.6. The lowest BCUT2D eigenvalue weighted by Gasteiger charge is -2.13. The van der Waals surface area contributed by atoms with E-state index in [1.54, 1.807) is 12.1 Å². The molecule has 2 aromatic rings. The zero-order chi connectivity index (χ0) is 15.9. The summed E-state index contributed by atoms with van der Waals surface area (Å²) < 4.78 is 5.51. The van der Waals surface area contributed by atoms with Crippen LogP contribution in [-0.2, 0) is 4.79 Å². The number of anilines is 2. The first kappa shape index (κ1) is 16.2. The normalized spacial score (nSPS) is 10.1. The van der Waals surface area contributed by atoms with E-state index in [0.717, 1.165) is 22.7 Å². The van der Waals surface area contributed by atoms with Crippen molar-refractivity contribution in [3.63, 3.8) is 0 Å². The van der Waals surface area contributed by atoms with Crippen LogP contribution in [0.4, 0.5) is 11.4 Å². The molecule has 0 aromatic heterocycles. The summed E-state index contributed by atoms with van der Waals surface area (Å²) in [4.78, 5) is 12.1. The second-order valence-corrected chi connectivity index (χ2v) is 5.23. The maximum atomic E-state index is 12.1. The van der Waals surface area contributed by atoms with Gasteiger partial charge in [0, 0.05) is 10.7 Å². The zero-order valence-corrected chi connectivity index (χ0v) is 13.4. The van der Waals surface area contributed by atoms with Gasteiger partial charge < -0.3 is 15.4 Å². The van der Waals surface area contributed by atoms with Crippen LogP contribution in [0.1, 0.15) is 12.5 Å². The Balaban J connectivity index is 1.97. The van der Waals surface area contributed by atoms with Crippen molar-refractivity contribution < 1.29 is 9.53 Å². The Kier molecular flexibility index (Phi) is 5.67. The molecule has 5 heteroatoms. The average Bonchev–Trinajstić information content (AvgIpc) is 2.50. The van der Waals surface area contributed by atoms with Gasteiger partial charge in [-0.15, -0.1) is 0 Å². The van der Waals surface area contributed by atoms with Crippen molar-refractivity contribution in [1.82, 2.24) is 0 Å². The first-order valence-corrected chi connectivity index (χ1v) is 7.49. The SMILES string of the molecule is CCOc1ccccc1NCC(=O)Nc1cc(Cl)ccc1C. The molecule has 22 heavy (non-hydrogen) atoms. The third-order valence-electron chi connectivity index (χ3n) is 3.10. The number of hydrogen-bond acceptors (Lipinski definition) is 3. The minimum atomic E-state index is -0.142. The van der Waals surface area contributed by atoms with Gasteiger partial charge in [-0.3, -0.25) is 4.79 Å². The topological polar surface area (TPSA) is 50.4 Å². The quantitative estimate of drug-likeness (QED) is 0.843. The second kappa shape index (κ2) is 7.71. The van der Waals surface area contributed by atoms with Gasteiger partial charge in [0.1, 0.15) is 5.75 Å². The number of carbonyl (C=O) groups is 1. The summed E-state index contributed by atoms with van der Waals surface area (Å²) in [5.41, 5.74) is 2.48. The average molecular weight is 319 g/mol. The van der Waals surface area contributed by atoms with Gasteiger partial charge >= 0.3 is 0 Å². The molecule has 0 radical (unpaired) electrons. The van der Waals surface area contributed by atoms with Crippen LogP contribution in [0.5, 0.6) is 5.75 Å². The molecule has 0 unspecified atom stereocenters.